The minimum atomic E-state index is -4.52. The van der Waals surface area contributed by atoms with Gasteiger partial charge in [-0.05, 0) is 35.7 Å². The van der Waals surface area contributed by atoms with E-state index in [9.17, 15) is 18.0 Å². The molecule has 1 N–H and O–H groups in total. The van der Waals surface area contributed by atoms with E-state index < -0.39 is 11.9 Å². The van der Waals surface area contributed by atoms with Gasteiger partial charge in [0.1, 0.15) is 0 Å². The van der Waals surface area contributed by atoms with Crippen molar-refractivity contribution < 1.29 is 18.0 Å². The van der Waals surface area contributed by atoms with Crippen LogP contribution in [0.3, 0.4) is 0 Å². The molecule has 6 nitrogen and oxygen atoms in total. The summed E-state index contributed by atoms with van der Waals surface area (Å²) in [5.41, 5.74) is 1.46. The summed E-state index contributed by atoms with van der Waals surface area (Å²) in [5, 5.41) is 10.6. The Bertz CT molecular complexity index is 823. The number of hydrogen-bond donors (Lipinski definition) is 1. The number of aryl methyl sites for hydroxylation is 2. The van der Waals surface area contributed by atoms with Crippen molar-refractivity contribution in [2.24, 2.45) is 7.05 Å². The molecule has 1 aliphatic carbocycles. The van der Waals surface area contributed by atoms with Gasteiger partial charge in [0.2, 0.25) is 5.91 Å². The maximum Gasteiger partial charge on any atom is 0.436 e. The highest BCUT2D eigenvalue weighted by molar-refractivity contribution is 9.10. The first-order chi connectivity index (χ1) is 12.2. The van der Waals surface area contributed by atoms with Crippen LogP contribution in [0.4, 0.5) is 13.2 Å². The van der Waals surface area contributed by atoms with Gasteiger partial charge in [0.05, 0.1) is 22.9 Å². The highest BCUT2D eigenvalue weighted by Crippen LogP contribution is 2.46. The molecule has 10 heteroatoms. The number of rotatable bonds is 6. The summed E-state index contributed by atoms with van der Waals surface area (Å²) in [5.74, 6) is -0.163. The second-order valence-corrected chi connectivity index (χ2v) is 7.24. The molecule has 0 unspecified atom stereocenters. The fourth-order valence-electron chi connectivity index (χ4n) is 2.76. The molecule has 1 aliphatic rings. The van der Waals surface area contributed by atoms with Crippen LogP contribution in [0, 0.1) is 6.92 Å². The summed E-state index contributed by atoms with van der Waals surface area (Å²) in [6, 6.07) is 0. The van der Waals surface area contributed by atoms with E-state index in [2.05, 4.69) is 31.4 Å². The van der Waals surface area contributed by atoms with Crippen molar-refractivity contribution in [3.05, 3.63) is 33.3 Å². The third-order valence-corrected chi connectivity index (χ3v) is 5.31. The minimum Gasteiger partial charge on any atom is -0.352 e. The van der Waals surface area contributed by atoms with Crippen molar-refractivity contribution >= 4 is 21.8 Å². The molecule has 0 saturated heterocycles. The summed E-state index contributed by atoms with van der Waals surface area (Å²) in [6.45, 7) is 2.35. The first kappa shape index (κ1) is 18.9. The highest BCUT2D eigenvalue weighted by atomic mass is 79.9. The normalized spacial score (nSPS) is 14.7. The Morgan fingerprint density at radius 2 is 2.12 bits per heavy atom. The number of aromatic nitrogens is 4. The fourth-order valence-corrected chi connectivity index (χ4v) is 3.59. The third kappa shape index (κ3) is 3.94. The average molecular weight is 434 g/mol. The zero-order chi connectivity index (χ0) is 19.1. The first-order valence-electron chi connectivity index (χ1n) is 8.26. The van der Waals surface area contributed by atoms with Gasteiger partial charge in [-0.2, -0.15) is 23.4 Å². The highest BCUT2D eigenvalue weighted by Gasteiger charge is 2.41. The molecule has 0 radical (unpaired) electrons. The van der Waals surface area contributed by atoms with Gasteiger partial charge in [0.15, 0.2) is 5.69 Å². The van der Waals surface area contributed by atoms with Crippen LogP contribution in [0.1, 0.15) is 47.8 Å². The Morgan fingerprint density at radius 3 is 2.65 bits per heavy atom. The van der Waals surface area contributed by atoms with Crippen LogP contribution in [0.15, 0.2) is 10.7 Å². The third-order valence-electron chi connectivity index (χ3n) is 4.53. The van der Waals surface area contributed by atoms with Crippen LogP contribution < -0.4 is 5.32 Å². The Labute approximate surface area is 156 Å². The monoisotopic (exact) mass is 433 g/mol. The van der Waals surface area contributed by atoms with Crippen LogP contribution in [0.2, 0.25) is 0 Å². The molecular weight excluding hydrogens is 415 g/mol. The zero-order valence-electron chi connectivity index (χ0n) is 14.4. The smallest absolute Gasteiger partial charge is 0.352 e. The van der Waals surface area contributed by atoms with Gasteiger partial charge >= 0.3 is 6.18 Å². The molecule has 0 aromatic carbocycles. The SMILES string of the molecule is Cc1c(CNC(=O)CCn2nc(C(F)(F)F)c(Br)c2C2CC2)cnn1C. The van der Waals surface area contributed by atoms with Gasteiger partial charge < -0.3 is 5.32 Å². The van der Waals surface area contributed by atoms with Gasteiger partial charge in [0.25, 0.3) is 0 Å². The predicted octanol–water partition coefficient (Wildman–Crippen LogP) is 3.29. The van der Waals surface area contributed by atoms with E-state index in [1.807, 2.05) is 14.0 Å². The van der Waals surface area contributed by atoms with Gasteiger partial charge in [0, 0.05) is 37.2 Å². The summed E-state index contributed by atoms with van der Waals surface area (Å²) in [6.07, 6.45) is -1.10. The number of nitrogens with one attached hydrogen (secondary N) is 1. The van der Waals surface area contributed by atoms with E-state index in [1.54, 1.807) is 10.9 Å². The molecule has 142 valence electrons. The van der Waals surface area contributed by atoms with Crippen molar-refractivity contribution in [2.75, 3.05) is 0 Å². The van der Waals surface area contributed by atoms with E-state index in [0.717, 1.165) is 24.1 Å². The van der Waals surface area contributed by atoms with Crippen molar-refractivity contribution in [3.8, 4) is 0 Å². The molecule has 1 amide bonds. The van der Waals surface area contributed by atoms with Crippen molar-refractivity contribution in [3.63, 3.8) is 0 Å². The lowest BCUT2D eigenvalue weighted by Crippen LogP contribution is -2.24. The zero-order valence-corrected chi connectivity index (χ0v) is 16.0. The molecule has 0 bridgehead atoms. The van der Waals surface area contributed by atoms with Crippen LogP contribution in [0.25, 0.3) is 0 Å². The van der Waals surface area contributed by atoms with Crippen molar-refractivity contribution in [1.29, 1.82) is 0 Å². The number of amides is 1. The van der Waals surface area contributed by atoms with Crippen LogP contribution in [-0.4, -0.2) is 25.5 Å². The van der Waals surface area contributed by atoms with E-state index in [1.165, 1.54) is 4.68 Å². The molecule has 1 saturated carbocycles. The molecule has 2 aromatic rings. The standard InChI is InChI=1S/C16H19BrF3N5O/c1-9-11(8-22-24(9)2)7-21-12(26)5-6-25-14(10-3-4-10)13(17)15(23-25)16(18,19)20/h8,10H,3-7H2,1-2H3,(H,21,26). The van der Waals surface area contributed by atoms with Crippen molar-refractivity contribution in [1.82, 2.24) is 24.9 Å². The molecule has 0 spiro atoms. The maximum atomic E-state index is 13.1. The minimum absolute atomic E-state index is 0.00103. The van der Waals surface area contributed by atoms with Crippen LogP contribution in [-0.2, 0) is 31.1 Å². The second kappa shape index (κ2) is 7.05. The summed E-state index contributed by atoms with van der Waals surface area (Å²) in [4.78, 5) is 12.1. The van der Waals surface area contributed by atoms with Gasteiger partial charge in [-0.3, -0.25) is 14.2 Å². The largest absolute Gasteiger partial charge is 0.436 e. The topological polar surface area (TPSA) is 64.7 Å². The maximum absolute atomic E-state index is 13.1. The molecule has 26 heavy (non-hydrogen) atoms. The van der Waals surface area contributed by atoms with Gasteiger partial charge in [-0.1, -0.05) is 0 Å². The Balaban J connectivity index is 1.64. The Kier molecular flexibility index (Phi) is 5.14. The molecule has 2 aromatic heterocycles. The van der Waals surface area contributed by atoms with E-state index >= 15 is 0 Å². The Morgan fingerprint density at radius 1 is 1.42 bits per heavy atom. The summed E-state index contributed by atoms with van der Waals surface area (Å²) < 4.78 is 42.3. The molecule has 3 rings (SSSR count). The lowest BCUT2D eigenvalue weighted by atomic mass is 10.2. The number of carbonyl (C=O) groups excluding carboxylic acids is 1. The lowest BCUT2D eigenvalue weighted by Gasteiger charge is -2.08. The fraction of sp³-hybridized carbons (Fsp3) is 0.562. The number of alkyl halides is 3. The average Bonchev–Trinajstić information content (AvgIpc) is 3.27. The van der Waals surface area contributed by atoms with Gasteiger partial charge in [-0.15, -0.1) is 0 Å². The van der Waals surface area contributed by atoms with Gasteiger partial charge in [-0.25, -0.2) is 0 Å². The number of nitrogens with zero attached hydrogens (tertiary/aromatic N) is 4. The molecule has 1 fully saturated rings. The molecule has 2 heterocycles. The lowest BCUT2D eigenvalue weighted by molar-refractivity contribution is -0.142. The Hall–Kier alpha value is -1.84. The molecule has 0 atom stereocenters. The number of carbonyl (C=O) groups is 1. The summed E-state index contributed by atoms with van der Waals surface area (Å²) in [7, 11) is 1.81. The van der Waals surface area contributed by atoms with E-state index in [4.69, 9.17) is 0 Å². The second-order valence-electron chi connectivity index (χ2n) is 6.45. The summed E-state index contributed by atoms with van der Waals surface area (Å²) >= 11 is 3.04. The number of halogens is 4. The quantitative estimate of drug-likeness (QED) is 0.759. The molecule has 0 aliphatic heterocycles. The first-order valence-corrected chi connectivity index (χ1v) is 9.05. The van der Waals surface area contributed by atoms with Crippen LogP contribution in [0.5, 0.6) is 0 Å². The number of hydrogen-bond acceptors (Lipinski definition) is 3. The molecular formula is C16H19BrF3N5O. The van der Waals surface area contributed by atoms with Crippen LogP contribution >= 0.6 is 15.9 Å². The predicted molar refractivity (Wildman–Crippen MR) is 91.3 cm³/mol. The van der Waals surface area contributed by atoms with E-state index in [0.29, 0.717) is 12.2 Å². The van der Waals surface area contributed by atoms with Crippen molar-refractivity contribution in [2.45, 2.75) is 51.4 Å². The van der Waals surface area contributed by atoms with E-state index in [-0.39, 0.29) is 29.3 Å².